The van der Waals surface area contributed by atoms with Crippen molar-refractivity contribution in [2.24, 2.45) is 0 Å². The Labute approximate surface area is 113 Å². The maximum absolute atomic E-state index is 12.2. The lowest BCUT2D eigenvalue weighted by Gasteiger charge is -2.21. The third-order valence-electron chi connectivity index (χ3n) is 3.01. The summed E-state index contributed by atoms with van der Waals surface area (Å²) in [6, 6.07) is 6.39. The summed E-state index contributed by atoms with van der Waals surface area (Å²) in [6.07, 6.45) is 0.437. The molecule has 1 rings (SSSR count). The maximum Gasteiger partial charge on any atom is 0.240 e. The molecule has 0 heterocycles. The van der Waals surface area contributed by atoms with Gasteiger partial charge in [-0.05, 0) is 38.0 Å². The van der Waals surface area contributed by atoms with Gasteiger partial charge in [-0.15, -0.1) is 0 Å². The highest BCUT2D eigenvalue weighted by atomic mass is 32.2. The van der Waals surface area contributed by atoms with Crippen molar-refractivity contribution >= 4 is 10.0 Å². The Morgan fingerprint density at radius 2 is 2.11 bits per heavy atom. The molecular weight excluding hydrogens is 264 g/mol. The Bertz CT molecular complexity index is 601. The van der Waals surface area contributed by atoms with Crippen LogP contribution in [0.4, 0.5) is 0 Å². The van der Waals surface area contributed by atoms with E-state index in [2.05, 4.69) is 4.72 Å². The van der Waals surface area contributed by atoms with E-state index in [0.29, 0.717) is 12.0 Å². The molecule has 0 aliphatic heterocycles. The number of rotatable bonds is 5. The van der Waals surface area contributed by atoms with Crippen LogP contribution < -0.4 is 4.72 Å². The quantitative estimate of drug-likeness (QED) is 0.852. The van der Waals surface area contributed by atoms with E-state index in [1.807, 2.05) is 6.07 Å². The van der Waals surface area contributed by atoms with E-state index in [9.17, 15) is 13.5 Å². The van der Waals surface area contributed by atoms with E-state index >= 15 is 0 Å². The standard InChI is InChI=1S/C13H18N2O3S/c1-4-13(3,16)9-15-19(17,18)12-7-11(8-14)6-5-10(12)2/h5-7,15-16H,4,9H2,1-3H3. The summed E-state index contributed by atoms with van der Waals surface area (Å²) in [5.41, 5.74) is -0.246. The van der Waals surface area contributed by atoms with Crippen molar-refractivity contribution in [3.8, 4) is 6.07 Å². The molecule has 0 saturated carbocycles. The molecule has 19 heavy (non-hydrogen) atoms. The van der Waals surface area contributed by atoms with E-state index in [4.69, 9.17) is 5.26 Å². The highest BCUT2D eigenvalue weighted by Gasteiger charge is 2.23. The van der Waals surface area contributed by atoms with Crippen molar-refractivity contribution in [2.45, 2.75) is 37.7 Å². The molecule has 0 saturated heterocycles. The minimum absolute atomic E-state index is 0.0674. The van der Waals surface area contributed by atoms with Crippen molar-refractivity contribution in [1.29, 1.82) is 5.26 Å². The first kappa shape index (κ1) is 15.6. The third-order valence-corrected chi connectivity index (χ3v) is 4.55. The number of sulfonamides is 1. The Morgan fingerprint density at radius 1 is 1.47 bits per heavy atom. The second kappa shape index (κ2) is 5.70. The molecule has 0 aliphatic carbocycles. The number of nitriles is 1. The Hall–Kier alpha value is -1.42. The number of nitrogens with one attached hydrogen (secondary N) is 1. The van der Waals surface area contributed by atoms with Gasteiger partial charge in [-0.3, -0.25) is 0 Å². The topological polar surface area (TPSA) is 90.2 Å². The molecule has 1 aromatic rings. The Balaban J connectivity index is 3.05. The summed E-state index contributed by atoms with van der Waals surface area (Å²) in [4.78, 5) is 0.0680. The van der Waals surface area contributed by atoms with Gasteiger partial charge in [0, 0.05) is 6.54 Å². The first-order valence-electron chi connectivity index (χ1n) is 5.94. The highest BCUT2D eigenvalue weighted by Crippen LogP contribution is 2.17. The normalized spacial score (nSPS) is 14.7. The molecule has 0 fully saturated rings. The molecule has 0 amide bonds. The van der Waals surface area contributed by atoms with Crippen molar-refractivity contribution in [3.05, 3.63) is 29.3 Å². The van der Waals surface area contributed by atoms with Crippen LogP contribution in [-0.4, -0.2) is 25.7 Å². The highest BCUT2D eigenvalue weighted by molar-refractivity contribution is 7.89. The molecule has 1 unspecified atom stereocenters. The van der Waals surface area contributed by atoms with Crippen molar-refractivity contribution < 1.29 is 13.5 Å². The molecule has 2 N–H and O–H groups in total. The molecule has 5 nitrogen and oxygen atoms in total. The summed E-state index contributed by atoms with van der Waals surface area (Å²) in [7, 11) is -3.73. The molecular formula is C13H18N2O3S. The van der Waals surface area contributed by atoms with Crippen LogP contribution in [0, 0.1) is 18.3 Å². The third kappa shape index (κ3) is 4.03. The fourth-order valence-corrected chi connectivity index (χ4v) is 2.84. The van der Waals surface area contributed by atoms with Gasteiger partial charge in [0.05, 0.1) is 22.1 Å². The number of benzene rings is 1. The van der Waals surface area contributed by atoms with Crippen LogP contribution in [0.2, 0.25) is 0 Å². The second-order valence-corrected chi connectivity index (χ2v) is 6.50. The average Bonchev–Trinajstić information content (AvgIpc) is 2.37. The zero-order chi connectivity index (χ0) is 14.7. The lowest BCUT2D eigenvalue weighted by molar-refractivity contribution is 0.0613. The van der Waals surface area contributed by atoms with Crippen LogP contribution >= 0.6 is 0 Å². The van der Waals surface area contributed by atoms with Gasteiger partial charge < -0.3 is 5.11 Å². The van der Waals surface area contributed by atoms with Crippen LogP contribution in [0.25, 0.3) is 0 Å². The Kier molecular flexibility index (Phi) is 4.69. The molecule has 0 aromatic heterocycles. The van der Waals surface area contributed by atoms with E-state index in [1.165, 1.54) is 6.07 Å². The van der Waals surface area contributed by atoms with E-state index in [1.54, 1.807) is 32.9 Å². The van der Waals surface area contributed by atoms with Crippen LogP contribution in [0.15, 0.2) is 23.1 Å². The largest absolute Gasteiger partial charge is 0.389 e. The van der Waals surface area contributed by atoms with E-state index in [-0.39, 0.29) is 17.0 Å². The zero-order valence-electron chi connectivity index (χ0n) is 11.3. The molecule has 104 valence electrons. The van der Waals surface area contributed by atoms with Gasteiger partial charge >= 0.3 is 0 Å². The predicted octanol–water partition coefficient (Wildman–Crippen LogP) is 1.31. The molecule has 1 aromatic carbocycles. The Morgan fingerprint density at radius 3 is 2.63 bits per heavy atom. The number of hydrogen-bond donors (Lipinski definition) is 2. The van der Waals surface area contributed by atoms with Gasteiger partial charge in [-0.2, -0.15) is 5.26 Å². The van der Waals surface area contributed by atoms with Crippen LogP contribution in [0.1, 0.15) is 31.4 Å². The van der Waals surface area contributed by atoms with Gasteiger partial charge in [0.25, 0.3) is 0 Å². The minimum Gasteiger partial charge on any atom is -0.389 e. The smallest absolute Gasteiger partial charge is 0.240 e. The fraction of sp³-hybridized carbons (Fsp3) is 0.462. The molecule has 0 bridgehead atoms. The number of nitrogens with zero attached hydrogens (tertiary/aromatic N) is 1. The van der Waals surface area contributed by atoms with Crippen LogP contribution in [0.5, 0.6) is 0 Å². The lowest BCUT2D eigenvalue weighted by Crippen LogP contribution is -2.40. The molecule has 0 radical (unpaired) electrons. The van der Waals surface area contributed by atoms with Gasteiger partial charge in [-0.25, -0.2) is 13.1 Å². The number of aryl methyl sites for hydroxylation is 1. The molecule has 1 atom stereocenters. The summed E-state index contributed by atoms with van der Waals surface area (Å²) < 4.78 is 26.7. The molecule has 6 heteroatoms. The average molecular weight is 282 g/mol. The van der Waals surface area contributed by atoms with Gasteiger partial charge in [-0.1, -0.05) is 13.0 Å². The first-order valence-corrected chi connectivity index (χ1v) is 7.43. The van der Waals surface area contributed by atoms with Crippen molar-refractivity contribution in [3.63, 3.8) is 0 Å². The summed E-state index contributed by atoms with van der Waals surface area (Å²) >= 11 is 0. The monoisotopic (exact) mass is 282 g/mol. The lowest BCUT2D eigenvalue weighted by atomic mass is 10.1. The summed E-state index contributed by atoms with van der Waals surface area (Å²) in [5.74, 6) is 0. The van der Waals surface area contributed by atoms with Gasteiger partial charge in [0.15, 0.2) is 0 Å². The molecule has 0 aliphatic rings. The first-order chi connectivity index (χ1) is 8.72. The zero-order valence-corrected chi connectivity index (χ0v) is 12.1. The summed E-state index contributed by atoms with van der Waals surface area (Å²) in [5, 5.41) is 18.6. The van der Waals surface area contributed by atoms with Gasteiger partial charge in [0.2, 0.25) is 10.0 Å². The van der Waals surface area contributed by atoms with Crippen LogP contribution in [0.3, 0.4) is 0 Å². The number of hydrogen-bond acceptors (Lipinski definition) is 4. The van der Waals surface area contributed by atoms with Crippen molar-refractivity contribution in [2.75, 3.05) is 6.54 Å². The van der Waals surface area contributed by atoms with Crippen LogP contribution in [-0.2, 0) is 10.0 Å². The fourth-order valence-electron chi connectivity index (χ4n) is 1.41. The maximum atomic E-state index is 12.2. The molecule has 0 spiro atoms. The predicted molar refractivity (Wildman–Crippen MR) is 72.0 cm³/mol. The van der Waals surface area contributed by atoms with E-state index in [0.717, 1.165) is 0 Å². The SMILES string of the molecule is CCC(C)(O)CNS(=O)(=O)c1cc(C#N)ccc1C. The van der Waals surface area contributed by atoms with E-state index < -0.39 is 15.6 Å². The minimum atomic E-state index is -3.73. The number of aliphatic hydroxyl groups is 1. The summed E-state index contributed by atoms with van der Waals surface area (Å²) in [6.45, 7) is 4.93. The van der Waals surface area contributed by atoms with Crippen molar-refractivity contribution in [1.82, 2.24) is 4.72 Å². The second-order valence-electron chi connectivity index (χ2n) is 4.77. The van der Waals surface area contributed by atoms with Gasteiger partial charge in [0.1, 0.15) is 0 Å².